The fraction of sp³-hybridized carbons (Fsp3) is 0.909. The number of rotatable bonds is 1. The first-order valence-corrected chi connectivity index (χ1v) is 12.4. The van der Waals surface area contributed by atoms with E-state index in [2.05, 4.69) is 52.6 Å². The average Bonchev–Trinajstić information content (AvgIpc) is 2.94. The minimum absolute atomic E-state index is 0.0188. The molecule has 5 heteroatoms. The number of hydrogen-bond donors (Lipinski definition) is 0. The normalized spacial score (nSPS) is 54.7. The highest BCUT2D eigenvalue weighted by molar-refractivity contribution is 9.10. The fourth-order valence-electron chi connectivity index (χ4n) is 7.82. The van der Waals surface area contributed by atoms with Gasteiger partial charge in [-0.25, -0.2) is 0 Å². The molecule has 0 N–H and O–H groups in total. The number of Topliss-reactive ketones (excluding diaryl/α,β-unsaturated/α-hetero) is 1. The highest BCUT2D eigenvalue weighted by Gasteiger charge is 2.65. The number of carbonyl (C=O) groups is 2. The maximum Gasteiger partial charge on any atom is 0.302 e. The van der Waals surface area contributed by atoms with Crippen LogP contribution in [0.4, 0.5) is 0 Å². The summed E-state index contributed by atoms with van der Waals surface area (Å²) in [6.07, 6.45) is 6.96. The Morgan fingerprint density at radius 3 is 2.33 bits per heavy atom. The van der Waals surface area contributed by atoms with Crippen LogP contribution in [0.3, 0.4) is 0 Å². The van der Waals surface area contributed by atoms with Gasteiger partial charge in [0.15, 0.2) is 5.78 Å². The van der Waals surface area contributed by atoms with Gasteiger partial charge in [0.25, 0.3) is 0 Å². The van der Waals surface area contributed by atoms with Gasteiger partial charge >= 0.3 is 5.97 Å². The van der Waals surface area contributed by atoms with Gasteiger partial charge in [0.2, 0.25) is 0 Å². The number of alkyl halides is 2. The van der Waals surface area contributed by atoms with Gasteiger partial charge in [0.05, 0.1) is 9.65 Å². The summed E-state index contributed by atoms with van der Waals surface area (Å²) in [5.74, 6) is 2.99. The van der Waals surface area contributed by atoms with E-state index in [1.807, 2.05) is 0 Å². The van der Waals surface area contributed by atoms with Crippen LogP contribution in [-0.4, -0.2) is 27.5 Å². The molecule has 0 unspecified atom stereocenters. The van der Waals surface area contributed by atoms with Crippen molar-refractivity contribution < 1.29 is 14.3 Å². The van der Waals surface area contributed by atoms with Crippen molar-refractivity contribution in [3.8, 4) is 0 Å². The minimum atomic E-state index is -0.136. The number of ketones is 1. The fourth-order valence-corrected chi connectivity index (χ4v) is 10.1. The van der Waals surface area contributed by atoms with Crippen molar-refractivity contribution in [2.45, 2.75) is 82.0 Å². The van der Waals surface area contributed by atoms with Gasteiger partial charge in [-0.2, -0.15) is 0 Å². The van der Waals surface area contributed by atoms with Gasteiger partial charge < -0.3 is 4.74 Å². The van der Waals surface area contributed by atoms with Crippen molar-refractivity contribution in [1.82, 2.24) is 0 Å². The van der Waals surface area contributed by atoms with E-state index < -0.39 is 0 Å². The van der Waals surface area contributed by atoms with E-state index in [0.717, 1.165) is 19.3 Å². The van der Waals surface area contributed by atoms with Gasteiger partial charge in [-0.05, 0) is 73.5 Å². The van der Waals surface area contributed by atoms with E-state index in [-0.39, 0.29) is 32.6 Å². The number of ether oxygens (including phenoxy) is 1. The van der Waals surface area contributed by atoms with Crippen molar-refractivity contribution in [1.29, 1.82) is 0 Å². The zero-order chi connectivity index (χ0) is 19.7. The molecule has 0 aromatic rings. The monoisotopic (exact) mass is 502 g/mol. The molecule has 4 aliphatic carbocycles. The zero-order valence-corrected chi connectivity index (χ0v) is 20.0. The van der Waals surface area contributed by atoms with Gasteiger partial charge in [0, 0.05) is 12.3 Å². The molecule has 0 radical (unpaired) electrons. The highest BCUT2D eigenvalue weighted by atomic mass is 79.9. The SMILES string of the molecule is CC(=O)O[C@H]1CC[C@H]2[C@@H]3CC[C@H]4[C@H](Br)C(=O)[C@H](Br)[C@H](C)[C@]4(C)[C@H]3CC[C@]12C. The molecule has 0 aliphatic heterocycles. The van der Waals surface area contributed by atoms with E-state index in [9.17, 15) is 9.59 Å². The Balaban J connectivity index is 1.65. The Morgan fingerprint density at radius 2 is 1.67 bits per heavy atom. The lowest BCUT2D eigenvalue weighted by atomic mass is 9.43. The molecule has 0 saturated heterocycles. The Morgan fingerprint density at radius 1 is 1.00 bits per heavy atom. The van der Waals surface area contributed by atoms with E-state index in [0.29, 0.717) is 35.4 Å². The summed E-state index contributed by atoms with van der Waals surface area (Å²) in [5, 5.41) is 0. The smallest absolute Gasteiger partial charge is 0.302 e. The Kier molecular flexibility index (Phi) is 5.15. The Labute approximate surface area is 180 Å². The van der Waals surface area contributed by atoms with Crippen molar-refractivity contribution in [2.75, 3.05) is 0 Å². The lowest BCUT2D eigenvalue weighted by Gasteiger charge is -2.63. The molecular weight excluding hydrogens is 472 g/mol. The van der Waals surface area contributed by atoms with Crippen LogP contribution in [0.25, 0.3) is 0 Å². The molecule has 4 fully saturated rings. The minimum Gasteiger partial charge on any atom is -0.462 e. The molecule has 0 aromatic carbocycles. The van der Waals surface area contributed by atoms with Gasteiger partial charge in [-0.3, -0.25) is 9.59 Å². The maximum absolute atomic E-state index is 12.7. The summed E-state index contributed by atoms with van der Waals surface area (Å²) in [7, 11) is 0. The first-order valence-electron chi connectivity index (χ1n) is 10.6. The summed E-state index contributed by atoms with van der Waals surface area (Å²) in [5.41, 5.74) is 0.311. The number of fused-ring (bicyclic) bond motifs is 5. The van der Waals surface area contributed by atoms with Gasteiger partial charge in [0.1, 0.15) is 6.10 Å². The second kappa shape index (κ2) is 6.82. The summed E-state index contributed by atoms with van der Waals surface area (Å²) >= 11 is 7.52. The van der Waals surface area contributed by atoms with E-state index >= 15 is 0 Å². The summed E-state index contributed by atoms with van der Waals surface area (Å²) in [6.45, 7) is 8.67. The van der Waals surface area contributed by atoms with Crippen LogP contribution in [0.1, 0.15) is 66.2 Å². The lowest BCUT2D eigenvalue weighted by molar-refractivity contribution is -0.165. The zero-order valence-electron chi connectivity index (χ0n) is 16.8. The molecular formula is C22H32Br2O3. The molecule has 4 saturated carbocycles. The van der Waals surface area contributed by atoms with Crippen molar-refractivity contribution >= 4 is 43.6 Å². The third-order valence-corrected chi connectivity index (χ3v) is 11.7. The van der Waals surface area contributed by atoms with Crippen molar-refractivity contribution in [2.24, 2.45) is 40.4 Å². The standard InChI is InChI=1S/C22H32Br2O3/c1-11-18(23)20(26)19(24)16-6-5-13-14-7-8-17(27-12(2)25)21(14,3)10-9-15(13)22(11,16)4/h11,13-19H,5-10H2,1-4H3/t11-,13-,14-,15-,16-,17-,18+,19-,21-,22+/m0/s1. The maximum atomic E-state index is 12.7. The highest BCUT2D eigenvalue weighted by Crippen LogP contribution is 2.68. The average molecular weight is 504 g/mol. The number of carbonyl (C=O) groups excluding carboxylic acids is 2. The quantitative estimate of drug-likeness (QED) is 0.349. The molecule has 0 heterocycles. The molecule has 4 aliphatic rings. The molecule has 152 valence electrons. The second-order valence-corrected chi connectivity index (χ2v) is 12.1. The van der Waals surface area contributed by atoms with E-state index in [1.165, 1.54) is 19.3 Å². The molecule has 3 nitrogen and oxygen atoms in total. The van der Waals surface area contributed by atoms with Crippen molar-refractivity contribution in [3.63, 3.8) is 0 Å². The van der Waals surface area contributed by atoms with Crippen LogP contribution in [0, 0.1) is 40.4 Å². The van der Waals surface area contributed by atoms with Crippen LogP contribution in [0.2, 0.25) is 0 Å². The Hall–Kier alpha value is 0.1000. The first kappa shape index (κ1) is 20.4. The second-order valence-electron chi connectivity index (χ2n) is 10.1. The number of hydrogen-bond acceptors (Lipinski definition) is 3. The summed E-state index contributed by atoms with van der Waals surface area (Å²) < 4.78 is 5.77. The van der Waals surface area contributed by atoms with E-state index in [4.69, 9.17) is 4.74 Å². The molecule has 0 bridgehead atoms. The van der Waals surface area contributed by atoms with Crippen LogP contribution in [0.15, 0.2) is 0 Å². The molecule has 0 spiro atoms. The molecule has 0 aromatic heterocycles. The largest absolute Gasteiger partial charge is 0.462 e. The number of halogens is 2. The van der Waals surface area contributed by atoms with Gasteiger partial charge in [-0.15, -0.1) is 0 Å². The van der Waals surface area contributed by atoms with Gasteiger partial charge in [-0.1, -0.05) is 52.6 Å². The molecule has 27 heavy (non-hydrogen) atoms. The molecule has 4 rings (SSSR count). The molecule has 0 amide bonds. The van der Waals surface area contributed by atoms with Crippen LogP contribution < -0.4 is 0 Å². The van der Waals surface area contributed by atoms with Crippen molar-refractivity contribution in [3.05, 3.63) is 0 Å². The summed E-state index contributed by atoms with van der Waals surface area (Å²) in [6, 6.07) is 0. The van der Waals surface area contributed by atoms with Crippen LogP contribution >= 0.6 is 31.9 Å². The first-order chi connectivity index (χ1) is 12.6. The number of esters is 1. The predicted molar refractivity (Wildman–Crippen MR) is 113 cm³/mol. The van der Waals surface area contributed by atoms with Crippen LogP contribution in [0.5, 0.6) is 0 Å². The Bertz CT molecular complexity index is 651. The topological polar surface area (TPSA) is 43.4 Å². The molecule has 10 atom stereocenters. The lowest BCUT2D eigenvalue weighted by Crippen LogP contribution is -2.62. The third kappa shape index (κ3) is 2.76. The third-order valence-electron chi connectivity index (χ3n) is 9.38. The predicted octanol–water partition coefficient (Wildman–Crippen LogP) is 5.52. The van der Waals surface area contributed by atoms with Crippen LogP contribution in [-0.2, 0) is 14.3 Å². The summed E-state index contributed by atoms with van der Waals surface area (Å²) in [4.78, 5) is 24.3. The van der Waals surface area contributed by atoms with E-state index in [1.54, 1.807) is 6.92 Å².